The zero-order valence-electron chi connectivity index (χ0n) is 16.8. The minimum absolute atomic E-state index is 0.103. The molecule has 0 radical (unpaired) electrons. The summed E-state index contributed by atoms with van der Waals surface area (Å²) >= 11 is 9.11. The predicted octanol–water partition coefficient (Wildman–Crippen LogP) is 4.34. The average molecular weight is 489 g/mol. The Morgan fingerprint density at radius 3 is 2.43 bits per heavy atom. The first-order valence-corrected chi connectivity index (χ1v) is 11.0. The number of likely N-dealkylation sites (tertiary alicyclic amines) is 1. The average Bonchev–Trinajstić information content (AvgIpc) is 2.78. The molecule has 0 saturated carbocycles. The van der Waals surface area contributed by atoms with Crippen LogP contribution in [-0.2, 0) is 4.79 Å². The van der Waals surface area contributed by atoms with Crippen LogP contribution in [0.5, 0.6) is 5.75 Å². The van der Waals surface area contributed by atoms with Gasteiger partial charge in [0, 0.05) is 30.0 Å². The van der Waals surface area contributed by atoms with E-state index in [4.69, 9.17) is 22.7 Å². The van der Waals surface area contributed by atoms with Crippen LogP contribution in [0, 0.1) is 0 Å². The van der Waals surface area contributed by atoms with Gasteiger partial charge in [0.2, 0.25) is 0 Å². The Kier molecular flexibility index (Phi) is 7.70. The van der Waals surface area contributed by atoms with E-state index in [0.29, 0.717) is 26.7 Å². The summed E-state index contributed by atoms with van der Waals surface area (Å²) in [5.41, 5.74) is 8.32. The largest absolute Gasteiger partial charge is 0.496 e. The van der Waals surface area contributed by atoms with Crippen LogP contribution in [0.2, 0.25) is 0 Å². The lowest BCUT2D eigenvalue weighted by Gasteiger charge is -2.28. The SMILES string of the molecule is COc1ccccc1/C(Br)=C(\NC(=S)Nc1ccc(N)cc1)C(=O)N1CCCCC1. The van der Waals surface area contributed by atoms with Crippen molar-refractivity contribution in [2.75, 3.05) is 31.2 Å². The number of amides is 1. The third-order valence-corrected chi connectivity index (χ3v) is 5.85. The Labute approximate surface area is 190 Å². The monoisotopic (exact) mass is 488 g/mol. The van der Waals surface area contributed by atoms with Crippen molar-refractivity contribution in [1.29, 1.82) is 0 Å². The molecule has 30 heavy (non-hydrogen) atoms. The molecule has 1 aliphatic heterocycles. The van der Waals surface area contributed by atoms with E-state index in [-0.39, 0.29) is 5.91 Å². The van der Waals surface area contributed by atoms with Crippen molar-refractivity contribution in [2.24, 2.45) is 0 Å². The number of benzene rings is 2. The number of hydrogen-bond donors (Lipinski definition) is 3. The fraction of sp³-hybridized carbons (Fsp3) is 0.273. The zero-order chi connectivity index (χ0) is 21.5. The third kappa shape index (κ3) is 5.52. The maximum atomic E-state index is 13.4. The van der Waals surface area contributed by atoms with Gasteiger partial charge < -0.3 is 26.0 Å². The summed E-state index contributed by atoms with van der Waals surface area (Å²) in [6.07, 6.45) is 3.14. The number of rotatable bonds is 5. The second-order valence-electron chi connectivity index (χ2n) is 6.94. The molecule has 1 saturated heterocycles. The molecule has 0 atom stereocenters. The number of nitrogens with zero attached hydrogens (tertiary/aromatic N) is 1. The highest BCUT2D eigenvalue weighted by molar-refractivity contribution is 9.15. The van der Waals surface area contributed by atoms with E-state index in [0.717, 1.165) is 43.6 Å². The number of para-hydroxylation sites is 1. The normalized spacial score (nSPS) is 14.5. The molecule has 1 heterocycles. The summed E-state index contributed by atoms with van der Waals surface area (Å²) in [7, 11) is 1.60. The first kappa shape index (κ1) is 22.1. The van der Waals surface area contributed by atoms with E-state index < -0.39 is 0 Å². The molecule has 0 bridgehead atoms. The number of nitrogens with two attached hydrogens (primary N) is 1. The van der Waals surface area contributed by atoms with Crippen LogP contribution < -0.4 is 21.1 Å². The number of halogens is 1. The van der Waals surface area contributed by atoms with E-state index in [1.165, 1.54) is 0 Å². The molecule has 6 nitrogen and oxygen atoms in total. The first-order chi connectivity index (χ1) is 14.5. The number of anilines is 2. The van der Waals surface area contributed by atoms with Crippen molar-refractivity contribution in [3.8, 4) is 5.75 Å². The first-order valence-electron chi connectivity index (χ1n) is 9.75. The summed E-state index contributed by atoms with van der Waals surface area (Å²) in [6, 6.07) is 14.7. The van der Waals surface area contributed by atoms with Crippen LogP contribution in [0.1, 0.15) is 24.8 Å². The Hall–Kier alpha value is -2.58. The zero-order valence-corrected chi connectivity index (χ0v) is 19.2. The lowest BCUT2D eigenvalue weighted by molar-refractivity contribution is -0.128. The van der Waals surface area contributed by atoms with E-state index in [2.05, 4.69) is 26.6 Å². The predicted molar refractivity (Wildman–Crippen MR) is 129 cm³/mol. The molecule has 1 aliphatic rings. The number of hydrogen-bond acceptors (Lipinski definition) is 4. The molecule has 3 rings (SSSR count). The van der Waals surface area contributed by atoms with Crippen molar-refractivity contribution in [1.82, 2.24) is 10.2 Å². The number of nitrogen functional groups attached to an aromatic ring is 1. The third-order valence-electron chi connectivity index (χ3n) is 4.83. The van der Waals surface area contributed by atoms with Crippen LogP contribution in [0.3, 0.4) is 0 Å². The lowest BCUT2D eigenvalue weighted by Crippen LogP contribution is -2.42. The van der Waals surface area contributed by atoms with Crippen molar-refractivity contribution in [2.45, 2.75) is 19.3 Å². The smallest absolute Gasteiger partial charge is 0.271 e. The van der Waals surface area contributed by atoms with Crippen molar-refractivity contribution in [3.05, 3.63) is 59.8 Å². The molecule has 158 valence electrons. The Morgan fingerprint density at radius 1 is 1.10 bits per heavy atom. The minimum atomic E-state index is -0.103. The molecule has 0 spiro atoms. The second kappa shape index (κ2) is 10.4. The molecule has 2 aromatic rings. The molecular formula is C22H25BrN4O2S. The van der Waals surface area contributed by atoms with Crippen LogP contribution >= 0.6 is 28.1 Å². The maximum Gasteiger partial charge on any atom is 0.271 e. The number of methoxy groups -OCH3 is 1. The van der Waals surface area contributed by atoms with E-state index >= 15 is 0 Å². The molecule has 8 heteroatoms. The van der Waals surface area contributed by atoms with Crippen molar-refractivity contribution < 1.29 is 9.53 Å². The molecule has 0 aliphatic carbocycles. The van der Waals surface area contributed by atoms with Gasteiger partial charge in [-0.15, -0.1) is 0 Å². The maximum absolute atomic E-state index is 13.4. The van der Waals surface area contributed by atoms with Gasteiger partial charge in [-0.1, -0.05) is 18.2 Å². The molecule has 1 amide bonds. The van der Waals surface area contributed by atoms with Crippen molar-refractivity contribution >= 4 is 55.0 Å². The van der Waals surface area contributed by atoms with Crippen molar-refractivity contribution in [3.63, 3.8) is 0 Å². The summed E-state index contributed by atoms with van der Waals surface area (Å²) in [4.78, 5) is 15.2. The quantitative estimate of drug-likeness (QED) is 0.330. The highest BCUT2D eigenvalue weighted by Crippen LogP contribution is 2.33. The molecule has 1 fully saturated rings. The van der Waals surface area contributed by atoms with Crippen LogP contribution in [0.25, 0.3) is 4.48 Å². The molecular weight excluding hydrogens is 464 g/mol. The Bertz CT molecular complexity index is 940. The fourth-order valence-electron chi connectivity index (χ4n) is 3.26. The number of carbonyl (C=O) groups is 1. The van der Waals surface area contributed by atoms with Gasteiger partial charge in [0.15, 0.2) is 5.11 Å². The fourth-order valence-corrected chi connectivity index (χ4v) is 4.08. The molecule has 2 aromatic carbocycles. The van der Waals surface area contributed by atoms with Gasteiger partial charge in [-0.3, -0.25) is 4.79 Å². The summed E-state index contributed by atoms with van der Waals surface area (Å²) in [5.74, 6) is 0.557. The standard InChI is InChI=1S/C22H25BrN4O2S/c1-29-18-8-4-3-7-17(18)19(23)20(21(28)27-13-5-2-6-14-27)26-22(30)25-16-11-9-15(24)10-12-16/h3-4,7-12H,2,5-6,13-14,24H2,1H3,(H2,25,26,30)/b20-19+. The van der Waals surface area contributed by atoms with E-state index in [9.17, 15) is 4.79 Å². The highest BCUT2D eigenvalue weighted by Gasteiger charge is 2.25. The van der Waals surface area contributed by atoms with Gasteiger partial charge in [0.25, 0.3) is 5.91 Å². The summed E-state index contributed by atoms with van der Waals surface area (Å²) in [5, 5.41) is 6.51. The van der Waals surface area contributed by atoms with Gasteiger partial charge >= 0.3 is 0 Å². The van der Waals surface area contributed by atoms with Crippen LogP contribution in [0.4, 0.5) is 11.4 Å². The van der Waals surface area contributed by atoms with E-state index in [1.807, 2.05) is 41.3 Å². The minimum Gasteiger partial charge on any atom is -0.496 e. The number of carbonyl (C=O) groups excluding carboxylic acids is 1. The Morgan fingerprint density at radius 2 is 1.77 bits per heavy atom. The Balaban J connectivity index is 1.91. The number of ether oxygens (including phenoxy) is 1. The topological polar surface area (TPSA) is 79.6 Å². The lowest BCUT2D eigenvalue weighted by atomic mass is 10.1. The van der Waals surface area contributed by atoms with Gasteiger partial charge in [0.05, 0.1) is 11.6 Å². The molecule has 4 N–H and O–H groups in total. The van der Waals surface area contributed by atoms with Gasteiger partial charge in [-0.2, -0.15) is 0 Å². The number of thiocarbonyl (C=S) groups is 1. The van der Waals surface area contributed by atoms with E-state index in [1.54, 1.807) is 19.2 Å². The number of piperidine rings is 1. The highest BCUT2D eigenvalue weighted by atomic mass is 79.9. The van der Waals surface area contributed by atoms with Gasteiger partial charge in [0.1, 0.15) is 11.4 Å². The number of nitrogens with one attached hydrogen (secondary N) is 2. The van der Waals surface area contributed by atoms with Gasteiger partial charge in [-0.25, -0.2) is 0 Å². The molecule has 0 aromatic heterocycles. The summed E-state index contributed by atoms with van der Waals surface area (Å²) in [6.45, 7) is 1.46. The molecule has 0 unspecified atom stereocenters. The van der Waals surface area contributed by atoms with Crippen LogP contribution in [0.15, 0.2) is 54.2 Å². The summed E-state index contributed by atoms with van der Waals surface area (Å²) < 4.78 is 6.07. The van der Waals surface area contributed by atoms with Gasteiger partial charge in [-0.05, 0) is 77.7 Å². The van der Waals surface area contributed by atoms with Crippen LogP contribution in [-0.4, -0.2) is 36.1 Å². The second-order valence-corrected chi connectivity index (χ2v) is 8.14.